The molecule has 0 aliphatic rings. The summed E-state index contributed by atoms with van der Waals surface area (Å²) < 4.78 is 0. The minimum atomic E-state index is 0.903. The van der Waals surface area contributed by atoms with E-state index in [1.807, 2.05) is 32.0 Å². The number of aryl methyl sites for hydroxylation is 1. The van der Waals surface area contributed by atoms with Crippen LogP contribution in [0.15, 0.2) is 18.2 Å². The lowest BCUT2D eigenvalue weighted by Gasteiger charge is -2.03. The van der Waals surface area contributed by atoms with E-state index in [0.29, 0.717) is 0 Å². The Labute approximate surface area is 61.3 Å². The van der Waals surface area contributed by atoms with E-state index in [0.717, 1.165) is 17.7 Å². The highest BCUT2D eigenvalue weighted by Crippen LogP contribution is 2.12. The maximum atomic E-state index is 8.72. The van der Waals surface area contributed by atoms with E-state index in [4.69, 9.17) is 5.11 Å². The minimum Gasteiger partial charge on any atom is -0.385 e. The van der Waals surface area contributed by atoms with Gasteiger partial charge in [0.05, 0.1) is 0 Å². The van der Waals surface area contributed by atoms with Gasteiger partial charge in [0.25, 0.3) is 0 Å². The van der Waals surface area contributed by atoms with Crippen LogP contribution in [0.4, 0.5) is 0 Å². The SMILES string of the molecule is Cc1cccc([CH]O)c1C. The predicted molar refractivity (Wildman–Crippen MR) is 41.3 cm³/mol. The molecule has 0 aliphatic heterocycles. The lowest BCUT2D eigenvalue weighted by Crippen LogP contribution is -1.88. The summed E-state index contributed by atoms with van der Waals surface area (Å²) in [5, 5.41) is 8.72. The first-order valence-corrected chi connectivity index (χ1v) is 3.29. The average molecular weight is 135 g/mol. The molecule has 1 nitrogen and oxygen atoms in total. The molecule has 0 heterocycles. The molecule has 0 saturated heterocycles. The molecule has 0 amide bonds. The van der Waals surface area contributed by atoms with Crippen LogP contribution < -0.4 is 0 Å². The van der Waals surface area contributed by atoms with Crippen LogP contribution in [0, 0.1) is 20.5 Å². The Morgan fingerprint density at radius 3 is 2.50 bits per heavy atom. The van der Waals surface area contributed by atoms with E-state index in [1.54, 1.807) is 0 Å². The topological polar surface area (TPSA) is 20.2 Å². The lowest BCUT2D eigenvalue weighted by molar-refractivity contribution is 0.414. The maximum absolute atomic E-state index is 8.72. The molecule has 0 unspecified atom stereocenters. The molecule has 0 saturated carbocycles. The third-order valence-electron chi connectivity index (χ3n) is 1.79. The zero-order valence-corrected chi connectivity index (χ0v) is 6.26. The molecule has 1 rings (SSSR count). The van der Waals surface area contributed by atoms with E-state index in [2.05, 4.69) is 0 Å². The maximum Gasteiger partial charge on any atom is 0.109 e. The van der Waals surface area contributed by atoms with Crippen LogP contribution in [0.3, 0.4) is 0 Å². The molecule has 0 bridgehead atoms. The molecule has 0 spiro atoms. The van der Waals surface area contributed by atoms with Gasteiger partial charge < -0.3 is 5.11 Å². The molecular weight excluding hydrogens is 124 g/mol. The van der Waals surface area contributed by atoms with Crippen LogP contribution in [0.2, 0.25) is 0 Å². The zero-order chi connectivity index (χ0) is 7.56. The normalized spacial score (nSPS) is 9.90. The van der Waals surface area contributed by atoms with Gasteiger partial charge in [-0.1, -0.05) is 18.2 Å². The van der Waals surface area contributed by atoms with Crippen LogP contribution >= 0.6 is 0 Å². The average Bonchev–Trinajstić information content (AvgIpc) is 1.95. The van der Waals surface area contributed by atoms with Crippen molar-refractivity contribution in [3.05, 3.63) is 41.5 Å². The summed E-state index contributed by atoms with van der Waals surface area (Å²) in [6.45, 7) is 5.17. The summed E-state index contributed by atoms with van der Waals surface area (Å²) in [6, 6.07) is 5.86. The molecule has 1 heteroatoms. The van der Waals surface area contributed by atoms with Gasteiger partial charge >= 0.3 is 0 Å². The second-order valence-corrected chi connectivity index (χ2v) is 2.42. The quantitative estimate of drug-likeness (QED) is 0.625. The van der Waals surface area contributed by atoms with Crippen molar-refractivity contribution in [2.45, 2.75) is 13.8 Å². The predicted octanol–water partition coefficient (Wildman–Crippen LogP) is 2.19. The van der Waals surface area contributed by atoms with Gasteiger partial charge in [-0.25, -0.2) is 0 Å². The van der Waals surface area contributed by atoms with Crippen LogP contribution in [0.1, 0.15) is 16.7 Å². The van der Waals surface area contributed by atoms with Crippen LogP contribution in [-0.4, -0.2) is 5.11 Å². The van der Waals surface area contributed by atoms with Crippen molar-refractivity contribution >= 4 is 0 Å². The van der Waals surface area contributed by atoms with Crippen molar-refractivity contribution in [3.63, 3.8) is 0 Å². The van der Waals surface area contributed by atoms with E-state index in [-0.39, 0.29) is 0 Å². The number of aliphatic hydroxyl groups is 1. The number of hydrogen-bond donors (Lipinski definition) is 1. The minimum absolute atomic E-state index is 0.903. The highest BCUT2D eigenvalue weighted by Gasteiger charge is 1.97. The van der Waals surface area contributed by atoms with Gasteiger partial charge in [-0.2, -0.15) is 0 Å². The van der Waals surface area contributed by atoms with Crippen molar-refractivity contribution in [1.82, 2.24) is 0 Å². The number of benzene rings is 1. The van der Waals surface area contributed by atoms with E-state index in [9.17, 15) is 0 Å². The number of hydrogen-bond acceptors (Lipinski definition) is 1. The summed E-state index contributed by atoms with van der Waals surface area (Å²) in [5.41, 5.74) is 3.26. The second-order valence-electron chi connectivity index (χ2n) is 2.42. The van der Waals surface area contributed by atoms with Crippen molar-refractivity contribution < 1.29 is 5.11 Å². The van der Waals surface area contributed by atoms with E-state index < -0.39 is 0 Å². The van der Waals surface area contributed by atoms with Crippen molar-refractivity contribution in [1.29, 1.82) is 0 Å². The van der Waals surface area contributed by atoms with Crippen molar-refractivity contribution in [2.75, 3.05) is 0 Å². The summed E-state index contributed by atoms with van der Waals surface area (Å²) in [5.74, 6) is 0. The standard InChI is InChI=1S/C9H11O/c1-7-4-3-5-9(6-10)8(7)2/h3-6,10H,1-2H3. The molecule has 1 N–H and O–H groups in total. The smallest absolute Gasteiger partial charge is 0.109 e. The first-order chi connectivity index (χ1) is 4.75. The molecule has 10 heavy (non-hydrogen) atoms. The van der Waals surface area contributed by atoms with Gasteiger partial charge in [0.15, 0.2) is 0 Å². The van der Waals surface area contributed by atoms with Gasteiger partial charge in [-0.3, -0.25) is 0 Å². The largest absolute Gasteiger partial charge is 0.385 e. The first-order valence-electron chi connectivity index (χ1n) is 3.29. The molecule has 0 aliphatic carbocycles. The van der Waals surface area contributed by atoms with E-state index >= 15 is 0 Å². The summed E-state index contributed by atoms with van der Waals surface area (Å²) >= 11 is 0. The van der Waals surface area contributed by atoms with Gasteiger partial charge in [0.2, 0.25) is 0 Å². The fourth-order valence-electron chi connectivity index (χ4n) is 0.914. The molecule has 1 radical (unpaired) electrons. The van der Waals surface area contributed by atoms with Crippen LogP contribution in [-0.2, 0) is 0 Å². The summed E-state index contributed by atoms with van der Waals surface area (Å²) in [7, 11) is 0. The Morgan fingerprint density at radius 2 is 2.00 bits per heavy atom. The second kappa shape index (κ2) is 2.84. The highest BCUT2D eigenvalue weighted by atomic mass is 16.3. The van der Waals surface area contributed by atoms with Crippen LogP contribution in [0.25, 0.3) is 0 Å². The number of rotatable bonds is 1. The Morgan fingerprint density at radius 1 is 1.30 bits per heavy atom. The Balaban J connectivity index is 3.14. The fraction of sp³-hybridized carbons (Fsp3) is 0.222. The zero-order valence-electron chi connectivity index (χ0n) is 6.26. The lowest BCUT2D eigenvalue weighted by atomic mass is 10.0. The van der Waals surface area contributed by atoms with Crippen LogP contribution in [0.5, 0.6) is 0 Å². The third kappa shape index (κ3) is 1.19. The molecule has 53 valence electrons. The van der Waals surface area contributed by atoms with Gasteiger partial charge in [0, 0.05) is 0 Å². The first kappa shape index (κ1) is 7.29. The summed E-state index contributed by atoms with van der Waals surface area (Å²) in [6.07, 6.45) is 0. The van der Waals surface area contributed by atoms with Crippen molar-refractivity contribution in [2.24, 2.45) is 0 Å². The fourth-order valence-corrected chi connectivity index (χ4v) is 0.914. The van der Waals surface area contributed by atoms with E-state index in [1.165, 1.54) is 5.56 Å². The Kier molecular flexibility index (Phi) is 2.07. The van der Waals surface area contributed by atoms with Crippen molar-refractivity contribution in [3.8, 4) is 0 Å². The monoisotopic (exact) mass is 135 g/mol. The Hall–Kier alpha value is -0.820. The number of aliphatic hydroxyl groups excluding tert-OH is 1. The molecule has 0 atom stereocenters. The molecule has 0 fully saturated rings. The molecule has 1 aromatic rings. The van der Waals surface area contributed by atoms with Gasteiger partial charge in [0.1, 0.15) is 6.61 Å². The molecular formula is C9H11O. The Bertz CT molecular complexity index is 228. The van der Waals surface area contributed by atoms with Gasteiger partial charge in [-0.05, 0) is 30.5 Å². The summed E-state index contributed by atoms with van der Waals surface area (Å²) in [4.78, 5) is 0. The molecule has 1 aromatic carbocycles. The third-order valence-corrected chi connectivity index (χ3v) is 1.79. The van der Waals surface area contributed by atoms with Gasteiger partial charge in [-0.15, -0.1) is 0 Å². The molecule has 0 aromatic heterocycles. The highest BCUT2D eigenvalue weighted by molar-refractivity contribution is 5.35.